The molecule has 0 bridgehead atoms. The Kier molecular flexibility index (Phi) is 6.80. The number of rotatable bonds is 6. The number of amides is 1. The van der Waals surface area contributed by atoms with Crippen molar-refractivity contribution in [2.75, 3.05) is 19.7 Å². The Balaban J connectivity index is 1.20. The zero-order valence-electron chi connectivity index (χ0n) is 18.8. The molecule has 2 aliphatic heterocycles. The highest BCUT2D eigenvalue weighted by atomic mass is 32.1. The molecule has 0 radical (unpaired) electrons. The molecule has 1 aliphatic carbocycles. The summed E-state index contributed by atoms with van der Waals surface area (Å²) in [6.07, 6.45) is 7.81. The molecular formula is C25H31N3O4S. The third-order valence-electron chi connectivity index (χ3n) is 7.07. The van der Waals surface area contributed by atoms with E-state index in [0.717, 1.165) is 47.2 Å². The van der Waals surface area contributed by atoms with Gasteiger partial charge in [0.25, 0.3) is 0 Å². The number of piperidine rings is 1. The summed E-state index contributed by atoms with van der Waals surface area (Å²) in [5.41, 5.74) is 2.79. The van der Waals surface area contributed by atoms with Crippen LogP contribution in [0, 0.1) is 5.92 Å². The summed E-state index contributed by atoms with van der Waals surface area (Å²) in [6.45, 7) is 1.91. The molecule has 1 amide bonds. The third kappa shape index (κ3) is 5.16. The summed E-state index contributed by atoms with van der Waals surface area (Å²) < 4.78 is 6.25. The number of carboxylic acid groups (broad SMARTS) is 1. The zero-order chi connectivity index (χ0) is 22.6. The summed E-state index contributed by atoms with van der Waals surface area (Å²) in [4.78, 5) is 23.3. The van der Waals surface area contributed by atoms with Crippen LogP contribution in [0.4, 0.5) is 4.79 Å². The molecule has 5 rings (SSSR count). The van der Waals surface area contributed by atoms with Gasteiger partial charge >= 0.3 is 6.09 Å². The molecule has 1 aromatic heterocycles. The minimum atomic E-state index is -0.834. The zero-order valence-corrected chi connectivity index (χ0v) is 19.6. The second kappa shape index (κ2) is 10.1. The third-order valence-corrected chi connectivity index (χ3v) is 8.07. The predicted octanol–water partition coefficient (Wildman–Crippen LogP) is 5.83. The Morgan fingerprint density at radius 1 is 1.15 bits per heavy atom. The molecule has 1 aromatic carbocycles. The summed E-state index contributed by atoms with van der Waals surface area (Å²) in [5.74, 6) is 1.86. The molecule has 2 fully saturated rings. The molecule has 33 heavy (non-hydrogen) atoms. The van der Waals surface area contributed by atoms with Crippen LogP contribution in [0.2, 0.25) is 0 Å². The summed E-state index contributed by atoms with van der Waals surface area (Å²) >= 11 is 1.64. The van der Waals surface area contributed by atoms with Crippen molar-refractivity contribution in [3.05, 3.63) is 45.9 Å². The van der Waals surface area contributed by atoms with E-state index < -0.39 is 6.09 Å². The normalized spacial score (nSPS) is 22.1. The first-order valence-electron chi connectivity index (χ1n) is 12.1. The van der Waals surface area contributed by atoms with Crippen molar-refractivity contribution in [3.8, 4) is 5.75 Å². The highest BCUT2D eigenvalue weighted by Gasteiger charge is 2.30. The standard InChI is InChI=1S/C25H31N3O4S/c29-25(30)28-12-10-18(11-13-28)24-26-21(16-33-24)20-14-23(32-27-20)19-8-4-5-9-22(19)31-15-17-6-2-1-3-7-17/h4-5,8-9,16-18,23H,1-3,6-7,10-15H2,(H,29,30). The molecule has 2 aromatic rings. The molecule has 3 heterocycles. The number of aromatic nitrogens is 1. The van der Waals surface area contributed by atoms with Gasteiger partial charge in [0.1, 0.15) is 11.5 Å². The SMILES string of the molecule is O=C(O)N1CCC(c2nc(C3=NOC(c4ccccc4OCC4CCCCC4)C3)cs2)CC1. The summed E-state index contributed by atoms with van der Waals surface area (Å²) in [5, 5.41) is 16.6. The van der Waals surface area contributed by atoms with Crippen LogP contribution in [0.25, 0.3) is 0 Å². The van der Waals surface area contributed by atoms with Crippen molar-refractivity contribution in [3.63, 3.8) is 0 Å². The van der Waals surface area contributed by atoms with Gasteiger partial charge in [0, 0.05) is 36.4 Å². The Bertz CT molecular complexity index is 993. The largest absolute Gasteiger partial charge is 0.493 e. The van der Waals surface area contributed by atoms with Crippen molar-refractivity contribution >= 4 is 23.1 Å². The summed E-state index contributed by atoms with van der Waals surface area (Å²) in [6, 6.07) is 8.14. The van der Waals surface area contributed by atoms with Crippen molar-refractivity contribution in [1.29, 1.82) is 0 Å². The minimum Gasteiger partial charge on any atom is -0.493 e. The number of carbonyl (C=O) groups is 1. The Morgan fingerprint density at radius 3 is 2.73 bits per heavy atom. The maximum absolute atomic E-state index is 11.1. The topological polar surface area (TPSA) is 84.2 Å². The predicted molar refractivity (Wildman–Crippen MR) is 127 cm³/mol. The van der Waals surface area contributed by atoms with Crippen molar-refractivity contribution in [2.24, 2.45) is 11.1 Å². The molecule has 1 saturated heterocycles. The quantitative estimate of drug-likeness (QED) is 0.576. The van der Waals surface area contributed by atoms with Gasteiger partial charge in [-0.15, -0.1) is 11.3 Å². The van der Waals surface area contributed by atoms with Gasteiger partial charge in [-0.2, -0.15) is 0 Å². The first-order valence-corrected chi connectivity index (χ1v) is 12.9. The average Bonchev–Trinajstić information content (AvgIpc) is 3.54. The number of ether oxygens (including phenoxy) is 1. The molecule has 1 unspecified atom stereocenters. The molecular weight excluding hydrogens is 438 g/mol. The van der Waals surface area contributed by atoms with E-state index in [0.29, 0.717) is 31.3 Å². The number of nitrogens with zero attached hydrogens (tertiary/aromatic N) is 3. The fourth-order valence-electron chi connectivity index (χ4n) is 5.06. The van der Waals surface area contributed by atoms with E-state index in [2.05, 4.69) is 16.6 Å². The number of oxime groups is 1. The number of para-hydroxylation sites is 1. The van der Waals surface area contributed by atoms with E-state index in [4.69, 9.17) is 19.7 Å². The van der Waals surface area contributed by atoms with E-state index in [1.54, 1.807) is 11.3 Å². The van der Waals surface area contributed by atoms with Crippen LogP contribution in [0.5, 0.6) is 5.75 Å². The van der Waals surface area contributed by atoms with E-state index in [1.165, 1.54) is 37.0 Å². The van der Waals surface area contributed by atoms with Crippen LogP contribution in [0.1, 0.15) is 79.7 Å². The number of hydrogen-bond acceptors (Lipinski definition) is 6. The Hall–Kier alpha value is -2.61. The number of thiazole rings is 1. The minimum absolute atomic E-state index is 0.161. The number of hydrogen-bond donors (Lipinski definition) is 1. The van der Waals surface area contributed by atoms with E-state index in [9.17, 15) is 4.79 Å². The molecule has 8 heteroatoms. The molecule has 1 N–H and O–H groups in total. The van der Waals surface area contributed by atoms with Crippen molar-refractivity contribution < 1.29 is 19.5 Å². The van der Waals surface area contributed by atoms with Crippen LogP contribution < -0.4 is 4.74 Å². The lowest BCUT2D eigenvalue weighted by Crippen LogP contribution is -2.36. The lowest BCUT2D eigenvalue weighted by Gasteiger charge is -2.28. The fraction of sp³-hybridized carbons (Fsp3) is 0.560. The highest BCUT2D eigenvalue weighted by Crippen LogP contribution is 2.37. The van der Waals surface area contributed by atoms with E-state index in [-0.39, 0.29) is 6.10 Å². The van der Waals surface area contributed by atoms with Crippen LogP contribution in [0.15, 0.2) is 34.8 Å². The van der Waals surface area contributed by atoms with Crippen molar-refractivity contribution in [2.45, 2.75) is 63.4 Å². The van der Waals surface area contributed by atoms with E-state index >= 15 is 0 Å². The lowest BCUT2D eigenvalue weighted by atomic mass is 9.90. The van der Waals surface area contributed by atoms with Gasteiger partial charge in [-0.05, 0) is 37.7 Å². The van der Waals surface area contributed by atoms with Gasteiger partial charge in [-0.25, -0.2) is 9.78 Å². The maximum atomic E-state index is 11.1. The van der Waals surface area contributed by atoms with Gasteiger partial charge < -0.3 is 19.6 Å². The van der Waals surface area contributed by atoms with Gasteiger partial charge in [0.05, 0.1) is 17.3 Å². The molecule has 0 spiro atoms. The molecule has 1 atom stereocenters. The number of benzene rings is 1. The van der Waals surface area contributed by atoms with Crippen LogP contribution >= 0.6 is 11.3 Å². The molecule has 176 valence electrons. The van der Waals surface area contributed by atoms with Crippen molar-refractivity contribution in [1.82, 2.24) is 9.88 Å². The maximum Gasteiger partial charge on any atom is 0.407 e. The van der Waals surface area contributed by atoms with E-state index in [1.807, 2.05) is 18.2 Å². The van der Waals surface area contributed by atoms with Gasteiger partial charge in [-0.3, -0.25) is 0 Å². The molecule has 1 saturated carbocycles. The second-order valence-corrected chi connectivity index (χ2v) is 10.2. The van der Waals surface area contributed by atoms with Crippen LogP contribution in [-0.4, -0.2) is 46.5 Å². The first-order chi connectivity index (χ1) is 16.2. The highest BCUT2D eigenvalue weighted by molar-refractivity contribution is 7.10. The van der Waals surface area contributed by atoms with Gasteiger partial charge in [-0.1, -0.05) is 42.6 Å². The van der Waals surface area contributed by atoms with Gasteiger partial charge in [0.15, 0.2) is 6.10 Å². The number of likely N-dealkylation sites (tertiary alicyclic amines) is 1. The first kappa shape index (κ1) is 22.2. The van der Waals surface area contributed by atoms with Gasteiger partial charge in [0.2, 0.25) is 0 Å². The van der Waals surface area contributed by atoms with Crippen LogP contribution in [-0.2, 0) is 4.84 Å². The lowest BCUT2D eigenvalue weighted by molar-refractivity contribution is 0.0820. The Labute approximate surface area is 198 Å². The monoisotopic (exact) mass is 469 g/mol. The smallest absolute Gasteiger partial charge is 0.407 e. The average molecular weight is 470 g/mol. The molecule has 3 aliphatic rings. The van der Waals surface area contributed by atoms with Crippen LogP contribution in [0.3, 0.4) is 0 Å². The molecule has 7 nitrogen and oxygen atoms in total. The second-order valence-electron chi connectivity index (χ2n) is 9.30. The Morgan fingerprint density at radius 2 is 1.94 bits per heavy atom. The summed E-state index contributed by atoms with van der Waals surface area (Å²) in [7, 11) is 0. The fourth-order valence-corrected chi connectivity index (χ4v) is 6.06.